The van der Waals surface area contributed by atoms with Crippen molar-refractivity contribution in [1.29, 1.82) is 0 Å². The Kier molecular flexibility index (Phi) is 7.42. The highest BCUT2D eigenvalue weighted by Gasteiger charge is 2.27. The zero-order valence-electron chi connectivity index (χ0n) is 15.8. The summed E-state index contributed by atoms with van der Waals surface area (Å²) in [4.78, 5) is 36.3. The van der Waals surface area contributed by atoms with Crippen LogP contribution < -0.4 is 15.8 Å². The number of carbonyl (C=O) groups excluding carboxylic acids is 3. The lowest BCUT2D eigenvalue weighted by molar-refractivity contribution is -0.160. The van der Waals surface area contributed by atoms with Gasteiger partial charge in [0.25, 0.3) is 5.91 Å². The number of benzene rings is 1. The summed E-state index contributed by atoms with van der Waals surface area (Å²) in [6.45, 7) is 5.09. The van der Waals surface area contributed by atoms with E-state index in [1.54, 1.807) is 32.9 Å². The molecule has 0 radical (unpaired) electrons. The molecule has 0 bridgehead atoms. The molecule has 0 aliphatic rings. The van der Waals surface area contributed by atoms with E-state index < -0.39 is 29.4 Å². The molecule has 0 aliphatic carbocycles. The van der Waals surface area contributed by atoms with Gasteiger partial charge < -0.3 is 25.3 Å². The molecule has 1 amide bonds. The maximum absolute atomic E-state index is 12.4. The van der Waals surface area contributed by atoms with Gasteiger partial charge in [0.1, 0.15) is 11.4 Å². The lowest BCUT2D eigenvalue weighted by Crippen LogP contribution is -2.36. The number of anilines is 1. The molecule has 1 aromatic carbocycles. The second-order valence-electron chi connectivity index (χ2n) is 6.68. The van der Waals surface area contributed by atoms with Gasteiger partial charge in [-0.2, -0.15) is 0 Å². The van der Waals surface area contributed by atoms with Crippen molar-refractivity contribution in [3.8, 4) is 5.75 Å². The highest BCUT2D eigenvalue weighted by Crippen LogP contribution is 2.21. The number of nitrogen functional groups attached to an aromatic ring is 1. The highest BCUT2D eigenvalue weighted by molar-refractivity contribution is 5.98. The number of esters is 2. The lowest BCUT2D eigenvalue weighted by atomic mass is 10.0. The van der Waals surface area contributed by atoms with Gasteiger partial charge in [-0.15, -0.1) is 0 Å². The normalized spacial score (nSPS) is 12.0. The molecule has 0 fully saturated rings. The number of methoxy groups -OCH3 is 2. The number of ether oxygens (including phenoxy) is 3. The molecule has 1 atom stereocenters. The fourth-order valence-electron chi connectivity index (χ4n) is 2.20. The van der Waals surface area contributed by atoms with Gasteiger partial charge in [0.2, 0.25) is 0 Å². The van der Waals surface area contributed by atoms with Crippen LogP contribution in [-0.2, 0) is 19.1 Å². The van der Waals surface area contributed by atoms with Crippen LogP contribution in [0.2, 0.25) is 0 Å². The molecule has 26 heavy (non-hydrogen) atoms. The summed E-state index contributed by atoms with van der Waals surface area (Å²) in [7, 11) is 2.65. The van der Waals surface area contributed by atoms with E-state index in [2.05, 4.69) is 5.32 Å². The summed E-state index contributed by atoms with van der Waals surface area (Å²) >= 11 is 0. The SMILES string of the molecule is COC(=O)[C@H](CNC(=O)c1cc(N)ccc1OC)CC(=O)OC(C)(C)C. The van der Waals surface area contributed by atoms with Crippen molar-refractivity contribution >= 4 is 23.5 Å². The largest absolute Gasteiger partial charge is 0.496 e. The molecule has 0 aromatic heterocycles. The molecule has 8 heteroatoms. The number of hydrogen-bond acceptors (Lipinski definition) is 7. The van der Waals surface area contributed by atoms with Crippen LogP contribution in [0.1, 0.15) is 37.6 Å². The Morgan fingerprint density at radius 1 is 1.19 bits per heavy atom. The second kappa shape index (κ2) is 9.07. The minimum absolute atomic E-state index is 0.0945. The van der Waals surface area contributed by atoms with Gasteiger partial charge in [-0.05, 0) is 39.0 Å². The zero-order valence-corrected chi connectivity index (χ0v) is 15.8. The minimum atomic E-state index is -0.870. The van der Waals surface area contributed by atoms with E-state index in [0.29, 0.717) is 11.4 Å². The van der Waals surface area contributed by atoms with Crippen molar-refractivity contribution in [3.05, 3.63) is 23.8 Å². The van der Waals surface area contributed by atoms with Gasteiger partial charge in [-0.3, -0.25) is 14.4 Å². The second-order valence-corrected chi connectivity index (χ2v) is 6.68. The quantitative estimate of drug-likeness (QED) is 0.555. The van der Waals surface area contributed by atoms with E-state index in [1.807, 2.05) is 0 Å². The molecule has 0 saturated carbocycles. The molecule has 3 N–H and O–H groups in total. The Morgan fingerprint density at radius 2 is 1.85 bits per heavy atom. The summed E-state index contributed by atoms with van der Waals surface area (Å²) in [5, 5.41) is 2.60. The van der Waals surface area contributed by atoms with Gasteiger partial charge in [0, 0.05) is 12.2 Å². The molecule has 0 saturated heterocycles. The zero-order chi connectivity index (χ0) is 19.9. The van der Waals surface area contributed by atoms with E-state index in [1.165, 1.54) is 20.3 Å². The van der Waals surface area contributed by atoms with E-state index in [9.17, 15) is 14.4 Å². The third-order valence-electron chi connectivity index (χ3n) is 3.34. The number of amides is 1. The van der Waals surface area contributed by atoms with Crippen LogP contribution in [0.25, 0.3) is 0 Å². The van der Waals surface area contributed by atoms with E-state index >= 15 is 0 Å². The fraction of sp³-hybridized carbons (Fsp3) is 0.500. The molecule has 0 unspecified atom stereocenters. The molecule has 0 heterocycles. The Balaban J connectivity index is 2.81. The highest BCUT2D eigenvalue weighted by atomic mass is 16.6. The molecule has 0 spiro atoms. The van der Waals surface area contributed by atoms with Gasteiger partial charge in [0.05, 0.1) is 32.1 Å². The third-order valence-corrected chi connectivity index (χ3v) is 3.34. The first-order chi connectivity index (χ1) is 12.1. The fourth-order valence-corrected chi connectivity index (χ4v) is 2.20. The van der Waals surface area contributed by atoms with Crippen molar-refractivity contribution in [2.45, 2.75) is 32.8 Å². The third kappa shape index (κ3) is 6.62. The molecular weight excluding hydrogens is 340 g/mol. The van der Waals surface area contributed by atoms with Crippen LogP contribution in [0.4, 0.5) is 5.69 Å². The Labute approximate surface area is 153 Å². The van der Waals surface area contributed by atoms with Gasteiger partial charge in [0.15, 0.2) is 0 Å². The van der Waals surface area contributed by atoms with Crippen molar-refractivity contribution in [3.63, 3.8) is 0 Å². The summed E-state index contributed by atoms with van der Waals surface area (Å²) in [6, 6.07) is 4.65. The van der Waals surface area contributed by atoms with Crippen LogP contribution in [0.15, 0.2) is 18.2 Å². The maximum atomic E-state index is 12.4. The average molecular weight is 366 g/mol. The molecule has 0 aliphatic heterocycles. The first-order valence-corrected chi connectivity index (χ1v) is 8.08. The smallest absolute Gasteiger partial charge is 0.311 e. The van der Waals surface area contributed by atoms with Crippen molar-refractivity contribution in [2.75, 3.05) is 26.5 Å². The Morgan fingerprint density at radius 3 is 2.38 bits per heavy atom. The van der Waals surface area contributed by atoms with Crippen LogP contribution >= 0.6 is 0 Å². The first kappa shape index (κ1) is 21.3. The van der Waals surface area contributed by atoms with E-state index in [-0.39, 0.29) is 18.5 Å². The molecular formula is C18H26N2O6. The lowest BCUT2D eigenvalue weighted by Gasteiger charge is -2.21. The monoisotopic (exact) mass is 366 g/mol. The maximum Gasteiger partial charge on any atom is 0.311 e. The molecule has 8 nitrogen and oxygen atoms in total. The van der Waals surface area contributed by atoms with Gasteiger partial charge in [-0.25, -0.2) is 0 Å². The van der Waals surface area contributed by atoms with Gasteiger partial charge >= 0.3 is 11.9 Å². The van der Waals surface area contributed by atoms with E-state index in [0.717, 1.165) is 0 Å². The van der Waals surface area contributed by atoms with Crippen LogP contribution in [0.3, 0.4) is 0 Å². The van der Waals surface area contributed by atoms with Crippen molar-refractivity contribution in [1.82, 2.24) is 5.32 Å². The van der Waals surface area contributed by atoms with Crippen molar-refractivity contribution < 1.29 is 28.6 Å². The Hall–Kier alpha value is -2.77. The predicted molar refractivity (Wildman–Crippen MR) is 95.7 cm³/mol. The summed E-state index contributed by atoms with van der Waals surface area (Å²) in [6.07, 6.45) is -0.210. The van der Waals surface area contributed by atoms with Crippen LogP contribution in [0.5, 0.6) is 5.75 Å². The predicted octanol–water partition coefficient (Wildman–Crippen LogP) is 1.53. The van der Waals surface area contributed by atoms with Gasteiger partial charge in [-0.1, -0.05) is 0 Å². The number of hydrogen-bond donors (Lipinski definition) is 2. The summed E-state index contributed by atoms with van der Waals surface area (Å²) < 4.78 is 15.0. The summed E-state index contributed by atoms with van der Waals surface area (Å²) in [5.74, 6) is -2.17. The average Bonchev–Trinajstić information content (AvgIpc) is 2.55. The molecule has 1 rings (SSSR count). The minimum Gasteiger partial charge on any atom is -0.496 e. The number of nitrogens with two attached hydrogens (primary N) is 1. The standard InChI is InChI=1S/C18H26N2O6/c1-18(2,3)26-15(21)8-11(17(23)25-5)10-20-16(22)13-9-12(19)6-7-14(13)24-4/h6-7,9,11H,8,10,19H2,1-5H3,(H,20,22)/t11-/m0/s1. The first-order valence-electron chi connectivity index (χ1n) is 8.08. The molecule has 144 valence electrons. The molecule has 1 aromatic rings. The van der Waals surface area contributed by atoms with Crippen LogP contribution in [0, 0.1) is 5.92 Å². The van der Waals surface area contributed by atoms with Crippen molar-refractivity contribution in [2.24, 2.45) is 5.92 Å². The van der Waals surface area contributed by atoms with Crippen LogP contribution in [-0.4, -0.2) is 44.2 Å². The number of carbonyl (C=O) groups is 3. The topological polar surface area (TPSA) is 117 Å². The summed E-state index contributed by atoms with van der Waals surface area (Å²) in [5.41, 5.74) is 5.66. The number of nitrogens with one attached hydrogen (secondary N) is 1. The number of rotatable bonds is 7. The Bertz CT molecular complexity index is 666. The van der Waals surface area contributed by atoms with E-state index in [4.69, 9.17) is 19.9 Å².